The van der Waals surface area contributed by atoms with Crippen molar-refractivity contribution in [2.45, 2.75) is 5.03 Å². The van der Waals surface area contributed by atoms with E-state index in [-0.39, 0.29) is 0 Å². The highest BCUT2D eigenvalue weighted by atomic mass is 32.2. The number of thioether (sulfide) groups is 1. The Kier molecular flexibility index (Phi) is 2.69. The summed E-state index contributed by atoms with van der Waals surface area (Å²) in [6, 6.07) is 10.1. The summed E-state index contributed by atoms with van der Waals surface area (Å²) in [5.74, 6) is 1.52. The Bertz CT molecular complexity index is 701. The molecular weight excluding hydrogens is 244 g/mol. The second-order valence-electron chi connectivity index (χ2n) is 4.01. The molecule has 0 fully saturated rings. The third kappa shape index (κ3) is 1.83. The van der Waals surface area contributed by atoms with Gasteiger partial charge in [-0.05, 0) is 30.3 Å². The minimum absolute atomic E-state index is 0.707. The number of fused-ring (bicyclic) bond motifs is 2. The zero-order chi connectivity index (χ0) is 12.5. The number of rotatable bonds is 1. The van der Waals surface area contributed by atoms with Gasteiger partial charge in [0.05, 0.1) is 18.7 Å². The highest BCUT2D eigenvalue weighted by molar-refractivity contribution is 7.99. The first-order chi connectivity index (χ1) is 8.80. The number of nitrogens with zero attached hydrogens (tertiary/aromatic N) is 2. The minimum atomic E-state index is 0.707. The molecule has 1 aromatic heterocycles. The van der Waals surface area contributed by atoms with Crippen LogP contribution in [0.1, 0.15) is 5.56 Å². The molecule has 0 atom stereocenters. The topological polar surface area (TPSA) is 45.9 Å². The van der Waals surface area contributed by atoms with Crippen molar-refractivity contribution in [2.75, 3.05) is 12.9 Å². The third-order valence-electron chi connectivity index (χ3n) is 2.85. The normalized spacial score (nSPS) is 13.7. The van der Waals surface area contributed by atoms with Gasteiger partial charge in [0, 0.05) is 22.3 Å². The highest BCUT2D eigenvalue weighted by Crippen LogP contribution is 2.33. The zero-order valence-corrected chi connectivity index (χ0v) is 10.6. The van der Waals surface area contributed by atoms with Gasteiger partial charge in [0.2, 0.25) is 0 Å². The van der Waals surface area contributed by atoms with Crippen LogP contribution in [0.15, 0.2) is 34.9 Å². The van der Waals surface area contributed by atoms with E-state index in [1.807, 2.05) is 24.3 Å². The van der Waals surface area contributed by atoms with Crippen molar-refractivity contribution in [3.8, 4) is 11.8 Å². The van der Waals surface area contributed by atoms with Gasteiger partial charge in [-0.1, -0.05) is 0 Å². The van der Waals surface area contributed by atoms with E-state index in [1.165, 1.54) is 0 Å². The van der Waals surface area contributed by atoms with Crippen LogP contribution in [0.3, 0.4) is 0 Å². The lowest BCUT2D eigenvalue weighted by atomic mass is 10.1. The fourth-order valence-electron chi connectivity index (χ4n) is 1.94. The number of nitriles is 1. The van der Waals surface area contributed by atoms with Crippen molar-refractivity contribution >= 4 is 28.7 Å². The van der Waals surface area contributed by atoms with E-state index in [1.54, 1.807) is 18.9 Å². The largest absolute Gasteiger partial charge is 0.497 e. The summed E-state index contributed by atoms with van der Waals surface area (Å²) in [5, 5.41) is 11.0. The molecule has 0 saturated heterocycles. The molecule has 0 spiro atoms. The molecule has 0 radical (unpaired) electrons. The molecule has 0 aliphatic carbocycles. The van der Waals surface area contributed by atoms with Crippen LogP contribution in [-0.2, 0) is 0 Å². The Morgan fingerprint density at radius 1 is 1.39 bits per heavy atom. The van der Waals surface area contributed by atoms with E-state index in [0.29, 0.717) is 5.75 Å². The van der Waals surface area contributed by atoms with Crippen LogP contribution in [0.4, 0.5) is 0 Å². The monoisotopic (exact) mass is 254 g/mol. The fourth-order valence-corrected chi connectivity index (χ4v) is 2.83. The molecule has 1 aliphatic rings. The number of hydrogen-bond acceptors (Lipinski definition) is 4. The highest BCUT2D eigenvalue weighted by Gasteiger charge is 2.13. The van der Waals surface area contributed by atoms with Crippen LogP contribution >= 0.6 is 11.8 Å². The number of aromatic nitrogens is 1. The molecule has 2 aromatic rings. The number of ether oxygens (including phenoxy) is 1. The number of pyridine rings is 1. The van der Waals surface area contributed by atoms with E-state index >= 15 is 0 Å². The van der Waals surface area contributed by atoms with Crippen LogP contribution in [-0.4, -0.2) is 17.8 Å². The van der Waals surface area contributed by atoms with E-state index in [4.69, 9.17) is 10.00 Å². The first kappa shape index (κ1) is 11.1. The van der Waals surface area contributed by atoms with E-state index in [0.717, 1.165) is 32.8 Å². The van der Waals surface area contributed by atoms with Crippen LogP contribution in [0.2, 0.25) is 0 Å². The molecule has 0 N–H and O–H groups in total. The van der Waals surface area contributed by atoms with Crippen molar-refractivity contribution in [3.05, 3.63) is 35.4 Å². The number of methoxy groups -OCH3 is 1. The van der Waals surface area contributed by atoms with Gasteiger partial charge in [0.1, 0.15) is 10.8 Å². The zero-order valence-electron chi connectivity index (χ0n) is 9.80. The van der Waals surface area contributed by atoms with Gasteiger partial charge in [-0.15, -0.1) is 11.8 Å². The first-order valence-corrected chi connectivity index (χ1v) is 6.51. The van der Waals surface area contributed by atoms with Gasteiger partial charge in [0.25, 0.3) is 0 Å². The lowest BCUT2D eigenvalue weighted by Crippen LogP contribution is -1.97. The van der Waals surface area contributed by atoms with Crippen molar-refractivity contribution in [2.24, 2.45) is 0 Å². The Balaban J connectivity index is 2.20. The predicted octanol–water partition coefficient (Wildman–Crippen LogP) is 3.26. The quantitative estimate of drug-likeness (QED) is 0.783. The molecule has 0 bridgehead atoms. The molecule has 0 unspecified atom stereocenters. The summed E-state index contributed by atoms with van der Waals surface area (Å²) in [6.45, 7) is 0. The molecular formula is C14H10N2OS. The van der Waals surface area contributed by atoms with E-state index < -0.39 is 0 Å². The molecule has 88 valence electrons. The van der Waals surface area contributed by atoms with Crippen LogP contribution in [0.5, 0.6) is 5.75 Å². The van der Waals surface area contributed by atoms with Crippen molar-refractivity contribution in [1.82, 2.24) is 4.98 Å². The van der Waals surface area contributed by atoms with Crippen LogP contribution < -0.4 is 4.74 Å². The summed E-state index contributed by atoms with van der Waals surface area (Å²) < 4.78 is 5.21. The first-order valence-electron chi connectivity index (χ1n) is 5.52. The van der Waals surface area contributed by atoms with E-state index in [2.05, 4.69) is 17.1 Å². The van der Waals surface area contributed by atoms with Gasteiger partial charge in [-0.25, -0.2) is 4.98 Å². The predicted molar refractivity (Wildman–Crippen MR) is 72.6 cm³/mol. The van der Waals surface area contributed by atoms with Crippen LogP contribution in [0.25, 0.3) is 17.0 Å². The van der Waals surface area contributed by atoms with Crippen LogP contribution in [0, 0.1) is 11.3 Å². The Morgan fingerprint density at radius 3 is 3.06 bits per heavy atom. The standard InChI is InChI=1S/C14H10N2OS/c1-17-12-2-3-13-10(6-12)5-11-4-9(7-15)8-18-14(11)16-13/h2-6H,8H2,1H3. The van der Waals surface area contributed by atoms with Crippen molar-refractivity contribution in [3.63, 3.8) is 0 Å². The molecule has 18 heavy (non-hydrogen) atoms. The molecule has 4 heteroatoms. The van der Waals surface area contributed by atoms with Crippen molar-refractivity contribution < 1.29 is 4.74 Å². The van der Waals surface area contributed by atoms with Crippen molar-refractivity contribution in [1.29, 1.82) is 5.26 Å². The third-order valence-corrected chi connectivity index (χ3v) is 3.91. The number of benzene rings is 1. The number of hydrogen-bond donors (Lipinski definition) is 0. The summed E-state index contributed by atoms with van der Waals surface area (Å²) in [5.41, 5.74) is 2.76. The van der Waals surface area contributed by atoms with E-state index in [9.17, 15) is 0 Å². The molecule has 3 rings (SSSR count). The summed E-state index contributed by atoms with van der Waals surface area (Å²) >= 11 is 1.61. The lowest BCUT2D eigenvalue weighted by Gasteiger charge is -2.12. The summed E-state index contributed by atoms with van der Waals surface area (Å²) in [7, 11) is 1.65. The maximum absolute atomic E-state index is 8.94. The average Bonchev–Trinajstić information content (AvgIpc) is 2.43. The Morgan fingerprint density at radius 2 is 2.28 bits per heavy atom. The molecule has 0 amide bonds. The summed E-state index contributed by atoms with van der Waals surface area (Å²) in [4.78, 5) is 4.61. The van der Waals surface area contributed by atoms with Gasteiger partial charge in [0.15, 0.2) is 0 Å². The lowest BCUT2D eigenvalue weighted by molar-refractivity contribution is 0.415. The average molecular weight is 254 g/mol. The maximum Gasteiger partial charge on any atom is 0.119 e. The minimum Gasteiger partial charge on any atom is -0.497 e. The summed E-state index contributed by atoms with van der Waals surface area (Å²) in [6.07, 6.45) is 1.91. The molecule has 3 nitrogen and oxygen atoms in total. The van der Waals surface area contributed by atoms with Gasteiger partial charge in [-0.2, -0.15) is 5.26 Å². The fraction of sp³-hybridized carbons (Fsp3) is 0.143. The molecule has 0 saturated carbocycles. The molecule has 2 heterocycles. The smallest absolute Gasteiger partial charge is 0.119 e. The molecule has 1 aliphatic heterocycles. The Labute approximate surface area is 109 Å². The second kappa shape index (κ2) is 4.35. The SMILES string of the molecule is COc1ccc2nc3c(cc2c1)C=C(C#N)CS3. The maximum atomic E-state index is 8.94. The second-order valence-corrected chi connectivity index (χ2v) is 4.98. The van der Waals surface area contributed by atoms with Gasteiger partial charge < -0.3 is 4.74 Å². The molecule has 1 aromatic carbocycles. The van der Waals surface area contributed by atoms with Gasteiger partial charge >= 0.3 is 0 Å². The van der Waals surface area contributed by atoms with Gasteiger partial charge in [-0.3, -0.25) is 0 Å². The Hall–Kier alpha value is -1.99.